The molecule has 1 atom stereocenters. The molecule has 0 unspecified atom stereocenters. The Labute approximate surface area is 173 Å². The highest BCUT2D eigenvalue weighted by atomic mass is 35.5. The molecule has 1 N–H and O–H groups in total. The number of ether oxygens (including phenoxy) is 1. The minimum Gasteiger partial charge on any atom is -0.481 e. The first-order valence-corrected chi connectivity index (χ1v) is 10.4. The molecule has 140 valence electrons. The van der Waals surface area contributed by atoms with Gasteiger partial charge in [0, 0.05) is 33.1 Å². The summed E-state index contributed by atoms with van der Waals surface area (Å²) in [5.41, 5.74) is 1.94. The summed E-state index contributed by atoms with van der Waals surface area (Å²) in [4.78, 5) is 12.1. The maximum atomic E-state index is 12.1. The number of hydrogen-bond donors (Lipinski definition) is 1. The molecule has 0 saturated carbocycles. The van der Waals surface area contributed by atoms with Crippen molar-refractivity contribution in [3.05, 3.63) is 62.6 Å². The first kappa shape index (κ1) is 21.2. The molecule has 2 rings (SSSR count). The van der Waals surface area contributed by atoms with E-state index in [4.69, 9.17) is 39.5 Å². The Kier molecular flexibility index (Phi) is 8.42. The molecule has 0 heterocycles. The number of hydrogen-bond acceptors (Lipinski definition) is 3. The second kappa shape index (κ2) is 10.3. The average Bonchev–Trinajstić information content (AvgIpc) is 2.59. The molecule has 7 heteroatoms. The molecule has 2 aromatic rings. The van der Waals surface area contributed by atoms with Crippen LogP contribution in [0.1, 0.15) is 18.1 Å². The Morgan fingerprint density at radius 3 is 2.62 bits per heavy atom. The van der Waals surface area contributed by atoms with Crippen LogP contribution in [-0.4, -0.2) is 24.3 Å². The number of carbonyl (C=O) groups is 1. The number of nitrogens with one attached hydrogen (secondary N) is 1. The highest BCUT2D eigenvalue weighted by molar-refractivity contribution is 7.98. The number of benzene rings is 2. The minimum atomic E-state index is -0.578. The average molecular weight is 433 g/mol. The van der Waals surface area contributed by atoms with Crippen LogP contribution in [-0.2, 0) is 10.5 Å². The van der Waals surface area contributed by atoms with Gasteiger partial charge in [-0.1, -0.05) is 40.9 Å². The standard InChI is InChI=1S/C19H20Cl3NO2S/c1-12-9-16(5-6-17(12)21)25-13(2)19(24)23-7-8-26-11-14-3-4-15(20)10-18(14)22/h3-6,9-10,13H,7-8,11H2,1-2H3,(H,23,24)/t13-/m0/s1. The number of halogens is 3. The number of rotatable bonds is 8. The van der Waals surface area contributed by atoms with Crippen LogP contribution in [0.25, 0.3) is 0 Å². The van der Waals surface area contributed by atoms with E-state index in [9.17, 15) is 4.79 Å². The fourth-order valence-corrected chi connectivity index (χ4v) is 3.69. The summed E-state index contributed by atoms with van der Waals surface area (Å²) in [5.74, 6) is 2.02. The normalized spacial score (nSPS) is 11.9. The van der Waals surface area contributed by atoms with Gasteiger partial charge in [0.2, 0.25) is 0 Å². The third-order valence-corrected chi connectivity index (χ3v) is 5.65. The summed E-state index contributed by atoms with van der Waals surface area (Å²) in [6.45, 7) is 4.17. The lowest BCUT2D eigenvalue weighted by Crippen LogP contribution is -2.37. The van der Waals surface area contributed by atoms with Crippen molar-refractivity contribution in [2.45, 2.75) is 25.7 Å². The van der Waals surface area contributed by atoms with Crippen molar-refractivity contribution in [3.63, 3.8) is 0 Å². The molecule has 0 radical (unpaired) electrons. The van der Waals surface area contributed by atoms with Gasteiger partial charge in [0.25, 0.3) is 5.91 Å². The second-order valence-electron chi connectivity index (χ2n) is 5.75. The maximum Gasteiger partial charge on any atom is 0.260 e. The monoisotopic (exact) mass is 431 g/mol. The Morgan fingerprint density at radius 2 is 1.92 bits per heavy atom. The minimum absolute atomic E-state index is 0.150. The summed E-state index contributed by atoms with van der Waals surface area (Å²) in [7, 11) is 0. The van der Waals surface area contributed by atoms with Gasteiger partial charge in [0.1, 0.15) is 5.75 Å². The molecule has 0 aliphatic heterocycles. The lowest BCUT2D eigenvalue weighted by Gasteiger charge is -2.15. The maximum absolute atomic E-state index is 12.1. The van der Waals surface area contributed by atoms with E-state index >= 15 is 0 Å². The van der Waals surface area contributed by atoms with E-state index in [1.165, 1.54) is 0 Å². The molecule has 0 aliphatic carbocycles. The van der Waals surface area contributed by atoms with E-state index in [2.05, 4.69) is 5.32 Å². The molecule has 0 saturated heterocycles. The van der Waals surface area contributed by atoms with E-state index in [1.807, 2.05) is 25.1 Å². The number of carbonyl (C=O) groups excluding carboxylic acids is 1. The molecule has 0 aliphatic rings. The second-order valence-corrected chi connectivity index (χ2v) is 8.11. The zero-order chi connectivity index (χ0) is 19.1. The molecule has 1 amide bonds. The molecule has 0 bridgehead atoms. The molecule has 0 spiro atoms. The van der Waals surface area contributed by atoms with Crippen LogP contribution in [0.15, 0.2) is 36.4 Å². The van der Waals surface area contributed by atoms with Crippen LogP contribution >= 0.6 is 46.6 Å². The van der Waals surface area contributed by atoms with Crippen LogP contribution in [0.5, 0.6) is 5.75 Å². The molecule has 2 aromatic carbocycles. The third kappa shape index (κ3) is 6.58. The molecule has 0 fully saturated rings. The van der Waals surface area contributed by atoms with Crippen LogP contribution in [0.2, 0.25) is 15.1 Å². The quantitative estimate of drug-likeness (QED) is 0.538. The zero-order valence-corrected chi connectivity index (χ0v) is 17.6. The van der Waals surface area contributed by atoms with Crippen LogP contribution in [0, 0.1) is 6.92 Å². The van der Waals surface area contributed by atoms with Gasteiger partial charge in [-0.3, -0.25) is 4.79 Å². The number of amides is 1. The SMILES string of the molecule is Cc1cc(O[C@@H](C)C(=O)NCCSCc2ccc(Cl)cc2Cl)ccc1Cl. The van der Waals surface area contributed by atoms with Crippen molar-refractivity contribution in [1.29, 1.82) is 0 Å². The molecule has 26 heavy (non-hydrogen) atoms. The van der Waals surface area contributed by atoms with Gasteiger partial charge >= 0.3 is 0 Å². The Balaban J connectivity index is 1.70. The lowest BCUT2D eigenvalue weighted by atomic mass is 10.2. The largest absolute Gasteiger partial charge is 0.481 e. The van der Waals surface area contributed by atoms with Gasteiger partial charge in [-0.2, -0.15) is 11.8 Å². The first-order chi connectivity index (χ1) is 12.4. The number of thioether (sulfide) groups is 1. The van der Waals surface area contributed by atoms with Crippen molar-refractivity contribution in [2.24, 2.45) is 0 Å². The van der Waals surface area contributed by atoms with E-state index in [-0.39, 0.29) is 5.91 Å². The van der Waals surface area contributed by atoms with E-state index in [0.29, 0.717) is 27.4 Å². The first-order valence-electron chi connectivity index (χ1n) is 8.09. The van der Waals surface area contributed by atoms with Crippen molar-refractivity contribution in [2.75, 3.05) is 12.3 Å². The van der Waals surface area contributed by atoms with E-state index in [1.54, 1.807) is 36.9 Å². The fraction of sp³-hybridized carbons (Fsp3) is 0.316. The molecular weight excluding hydrogens is 413 g/mol. The summed E-state index contributed by atoms with van der Waals surface area (Å²) >= 11 is 19.7. The van der Waals surface area contributed by atoms with E-state index < -0.39 is 6.10 Å². The van der Waals surface area contributed by atoms with Gasteiger partial charge in [-0.05, 0) is 55.3 Å². The predicted molar refractivity (Wildman–Crippen MR) is 112 cm³/mol. The van der Waals surface area contributed by atoms with Crippen LogP contribution in [0.4, 0.5) is 0 Å². The Hall–Kier alpha value is -1.07. The highest BCUT2D eigenvalue weighted by Gasteiger charge is 2.14. The van der Waals surface area contributed by atoms with Gasteiger partial charge in [0.15, 0.2) is 6.10 Å². The molecule has 3 nitrogen and oxygen atoms in total. The highest BCUT2D eigenvalue weighted by Crippen LogP contribution is 2.24. The topological polar surface area (TPSA) is 38.3 Å². The zero-order valence-electron chi connectivity index (χ0n) is 14.5. The Morgan fingerprint density at radius 1 is 1.15 bits per heavy atom. The van der Waals surface area contributed by atoms with Gasteiger partial charge in [-0.15, -0.1) is 0 Å². The van der Waals surface area contributed by atoms with Crippen molar-refractivity contribution < 1.29 is 9.53 Å². The lowest BCUT2D eigenvalue weighted by molar-refractivity contribution is -0.127. The summed E-state index contributed by atoms with van der Waals surface area (Å²) in [5, 5.41) is 4.83. The fourth-order valence-electron chi connectivity index (χ4n) is 2.16. The smallest absolute Gasteiger partial charge is 0.260 e. The van der Waals surface area contributed by atoms with Gasteiger partial charge in [0.05, 0.1) is 0 Å². The molecule has 0 aromatic heterocycles. The van der Waals surface area contributed by atoms with Crippen molar-refractivity contribution in [1.82, 2.24) is 5.32 Å². The number of aryl methyl sites for hydroxylation is 1. The van der Waals surface area contributed by atoms with Gasteiger partial charge in [-0.25, -0.2) is 0 Å². The molecular formula is C19H20Cl3NO2S. The predicted octanol–water partition coefficient (Wildman–Crippen LogP) is 5.77. The van der Waals surface area contributed by atoms with Crippen LogP contribution in [0.3, 0.4) is 0 Å². The summed E-state index contributed by atoms with van der Waals surface area (Å²) in [6, 6.07) is 10.8. The van der Waals surface area contributed by atoms with Crippen molar-refractivity contribution >= 4 is 52.5 Å². The summed E-state index contributed by atoms with van der Waals surface area (Å²) in [6.07, 6.45) is -0.578. The third-order valence-electron chi connectivity index (χ3n) is 3.63. The van der Waals surface area contributed by atoms with Crippen molar-refractivity contribution in [3.8, 4) is 5.75 Å². The summed E-state index contributed by atoms with van der Waals surface area (Å²) < 4.78 is 5.66. The van der Waals surface area contributed by atoms with Gasteiger partial charge < -0.3 is 10.1 Å². The Bertz CT molecular complexity index is 770. The van der Waals surface area contributed by atoms with E-state index in [0.717, 1.165) is 22.6 Å². The van der Waals surface area contributed by atoms with Crippen LogP contribution < -0.4 is 10.1 Å².